The minimum absolute atomic E-state index is 0.312. The lowest BCUT2D eigenvalue weighted by Gasteiger charge is -2.30. The summed E-state index contributed by atoms with van der Waals surface area (Å²) in [6.45, 7) is 5.49. The van der Waals surface area contributed by atoms with Gasteiger partial charge in [-0.05, 0) is 49.6 Å². The van der Waals surface area contributed by atoms with Crippen LogP contribution in [0, 0.1) is 12.7 Å². The lowest BCUT2D eigenvalue weighted by molar-refractivity contribution is -0.134. The number of nitrogens with two attached hydrogens (primary N) is 1. The molecule has 8 heteroatoms. The molecule has 1 aromatic heterocycles. The Morgan fingerprint density at radius 2 is 1.90 bits per heavy atom. The van der Waals surface area contributed by atoms with Crippen LogP contribution in [0.3, 0.4) is 0 Å². The lowest BCUT2D eigenvalue weighted by atomic mass is 9.96. The monoisotopic (exact) mass is 412 g/mol. The predicted molar refractivity (Wildman–Crippen MR) is 114 cm³/mol. The van der Waals surface area contributed by atoms with Gasteiger partial charge in [0.25, 0.3) is 5.91 Å². The van der Waals surface area contributed by atoms with Gasteiger partial charge in [-0.25, -0.2) is 14.4 Å². The molecule has 0 saturated carbocycles. The number of ether oxygens (including phenoxy) is 2. The van der Waals surface area contributed by atoms with Crippen molar-refractivity contribution in [1.82, 2.24) is 9.97 Å². The molecule has 0 unspecified atom stereocenters. The smallest absolute Gasteiger partial charge is 0.261 e. The number of hydrogen-bond donors (Lipinski definition) is 2. The number of halogens is 1. The molecule has 1 amide bonds. The molecule has 0 atom stereocenters. The van der Waals surface area contributed by atoms with E-state index in [0.717, 1.165) is 5.56 Å². The summed E-state index contributed by atoms with van der Waals surface area (Å²) in [5, 5.41) is 3.87. The van der Waals surface area contributed by atoms with Crippen molar-refractivity contribution in [2.75, 3.05) is 12.4 Å². The summed E-state index contributed by atoms with van der Waals surface area (Å²) in [5.74, 6) is 0.450. The van der Waals surface area contributed by atoms with Gasteiger partial charge in [-0.2, -0.15) is 0 Å². The van der Waals surface area contributed by atoms with E-state index in [2.05, 4.69) is 15.3 Å². The van der Waals surface area contributed by atoms with E-state index in [1.807, 2.05) is 13.8 Å². The quantitative estimate of drug-likeness (QED) is 0.574. The van der Waals surface area contributed by atoms with Crippen molar-refractivity contribution < 1.29 is 18.7 Å². The maximum absolute atomic E-state index is 13.4. The van der Waals surface area contributed by atoms with Gasteiger partial charge in [-0.15, -0.1) is 0 Å². The first-order valence-electron chi connectivity index (χ1n) is 9.68. The Morgan fingerprint density at radius 3 is 2.50 bits per heavy atom. The molecular weight excluding hydrogens is 387 g/mol. The predicted octanol–water partition coefficient (Wildman–Crippen LogP) is 4.25. The molecule has 2 aromatic carbocycles. The van der Waals surface area contributed by atoms with Gasteiger partial charge >= 0.3 is 0 Å². The van der Waals surface area contributed by atoms with Crippen molar-refractivity contribution in [3.05, 3.63) is 48.0 Å². The van der Waals surface area contributed by atoms with Gasteiger partial charge in [-0.1, -0.05) is 13.8 Å². The number of carbonyl (C=O) groups excluding carboxylic acids is 1. The van der Waals surface area contributed by atoms with Crippen molar-refractivity contribution in [3.63, 3.8) is 0 Å². The average molecular weight is 412 g/mol. The first-order chi connectivity index (χ1) is 14.3. The van der Waals surface area contributed by atoms with Gasteiger partial charge < -0.3 is 20.5 Å². The zero-order valence-corrected chi connectivity index (χ0v) is 17.5. The van der Waals surface area contributed by atoms with Crippen molar-refractivity contribution in [2.24, 2.45) is 5.73 Å². The second-order valence-corrected chi connectivity index (χ2v) is 6.99. The summed E-state index contributed by atoms with van der Waals surface area (Å²) >= 11 is 0. The summed E-state index contributed by atoms with van der Waals surface area (Å²) in [6.07, 6.45) is 2.24. The number of benzene rings is 2. The number of hydrogen-bond acceptors (Lipinski definition) is 6. The zero-order chi connectivity index (χ0) is 21.9. The average Bonchev–Trinajstić information content (AvgIpc) is 2.73. The highest BCUT2D eigenvalue weighted by atomic mass is 19.1. The number of rotatable bonds is 8. The van der Waals surface area contributed by atoms with Crippen molar-refractivity contribution in [2.45, 2.75) is 39.2 Å². The highest BCUT2D eigenvalue weighted by Crippen LogP contribution is 2.38. The largest absolute Gasteiger partial charge is 0.493 e. The fraction of sp³-hybridized carbons (Fsp3) is 0.318. The number of aryl methyl sites for hydroxylation is 1. The third-order valence-corrected chi connectivity index (χ3v) is 5.26. The number of carbonyl (C=O) groups is 1. The van der Waals surface area contributed by atoms with Crippen LogP contribution >= 0.6 is 0 Å². The first-order valence-corrected chi connectivity index (χ1v) is 9.68. The Bertz CT molecular complexity index is 1080. The van der Waals surface area contributed by atoms with E-state index in [1.54, 1.807) is 25.1 Å². The standard InChI is InChI=1S/C22H25FN4O3/c1-5-22(6-2,21(24)28)30-19-10-15-17(11-18(19)29-4)25-12-26-20(15)27-16-8-7-14(23)9-13(16)3/h7-12H,5-6H2,1-4H3,(H2,24,28)(H,25,26,27). The van der Waals surface area contributed by atoms with E-state index < -0.39 is 11.5 Å². The van der Waals surface area contributed by atoms with Gasteiger partial charge in [0, 0.05) is 17.1 Å². The summed E-state index contributed by atoms with van der Waals surface area (Å²) in [5.41, 5.74) is 6.54. The number of anilines is 2. The molecule has 3 rings (SSSR count). The molecule has 0 saturated heterocycles. The third-order valence-electron chi connectivity index (χ3n) is 5.26. The molecule has 158 valence electrons. The number of nitrogens with one attached hydrogen (secondary N) is 1. The lowest BCUT2D eigenvalue weighted by Crippen LogP contribution is -2.48. The maximum Gasteiger partial charge on any atom is 0.261 e. The van der Waals surface area contributed by atoms with Crippen LogP contribution in [0.2, 0.25) is 0 Å². The summed E-state index contributed by atoms with van der Waals surface area (Å²) in [6, 6.07) is 7.89. The van der Waals surface area contributed by atoms with E-state index in [0.29, 0.717) is 46.7 Å². The summed E-state index contributed by atoms with van der Waals surface area (Å²) in [4.78, 5) is 20.7. The minimum atomic E-state index is -1.16. The van der Waals surface area contributed by atoms with Crippen LogP contribution in [-0.4, -0.2) is 28.6 Å². The van der Waals surface area contributed by atoms with E-state index in [-0.39, 0.29) is 5.82 Å². The minimum Gasteiger partial charge on any atom is -0.493 e. The van der Waals surface area contributed by atoms with Gasteiger partial charge in [0.15, 0.2) is 17.1 Å². The maximum atomic E-state index is 13.4. The van der Waals surface area contributed by atoms with E-state index in [9.17, 15) is 9.18 Å². The normalized spacial score (nSPS) is 11.4. The molecule has 3 N–H and O–H groups in total. The number of amides is 1. The van der Waals surface area contributed by atoms with E-state index in [4.69, 9.17) is 15.2 Å². The molecule has 0 aliphatic rings. The topological polar surface area (TPSA) is 99.4 Å². The Labute approximate surface area is 174 Å². The third kappa shape index (κ3) is 3.98. The Morgan fingerprint density at radius 1 is 1.17 bits per heavy atom. The fourth-order valence-electron chi connectivity index (χ4n) is 3.30. The SMILES string of the molecule is CCC(CC)(Oc1cc2c(Nc3ccc(F)cc3C)ncnc2cc1OC)C(N)=O. The van der Waals surface area contributed by atoms with Crippen LogP contribution in [0.5, 0.6) is 11.5 Å². The zero-order valence-electron chi connectivity index (χ0n) is 17.5. The van der Waals surface area contributed by atoms with Crippen molar-refractivity contribution in [1.29, 1.82) is 0 Å². The van der Waals surface area contributed by atoms with Gasteiger partial charge in [0.05, 0.1) is 12.6 Å². The molecule has 30 heavy (non-hydrogen) atoms. The first kappa shape index (κ1) is 21.3. The van der Waals surface area contributed by atoms with Crippen LogP contribution in [0.1, 0.15) is 32.3 Å². The summed E-state index contributed by atoms with van der Waals surface area (Å²) in [7, 11) is 1.51. The van der Waals surface area contributed by atoms with Gasteiger partial charge in [-0.3, -0.25) is 4.79 Å². The van der Waals surface area contributed by atoms with E-state index >= 15 is 0 Å². The molecule has 0 radical (unpaired) electrons. The number of fused-ring (bicyclic) bond motifs is 1. The molecule has 1 heterocycles. The Balaban J connectivity index is 2.11. The van der Waals surface area contributed by atoms with Crippen LogP contribution in [0.4, 0.5) is 15.9 Å². The second-order valence-electron chi connectivity index (χ2n) is 6.99. The fourth-order valence-corrected chi connectivity index (χ4v) is 3.30. The van der Waals surface area contributed by atoms with Crippen molar-refractivity contribution in [3.8, 4) is 11.5 Å². The number of methoxy groups -OCH3 is 1. The Kier molecular flexibility index (Phi) is 6.05. The molecular formula is C22H25FN4O3. The second kappa shape index (κ2) is 8.52. The van der Waals surface area contributed by atoms with Crippen LogP contribution < -0.4 is 20.5 Å². The number of primary amides is 1. The van der Waals surface area contributed by atoms with Crippen LogP contribution in [-0.2, 0) is 4.79 Å². The van der Waals surface area contributed by atoms with Gasteiger partial charge in [0.1, 0.15) is 18.0 Å². The van der Waals surface area contributed by atoms with Crippen molar-refractivity contribution >= 4 is 28.3 Å². The molecule has 0 aliphatic heterocycles. The highest BCUT2D eigenvalue weighted by Gasteiger charge is 2.36. The molecule has 0 fully saturated rings. The highest BCUT2D eigenvalue weighted by molar-refractivity contribution is 5.93. The number of nitrogens with zero attached hydrogens (tertiary/aromatic N) is 2. The molecule has 7 nitrogen and oxygen atoms in total. The molecule has 0 spiro atoms. The molecule has 0 bridgehead atoms. The molecule has 3 aromatic rings. The van der Waals surface area contributed by atoms with Gasteiger partial charge in [0.2, 0.25) is 0 Å². The number of aromatic nitrogens is 2. The summed E-state index contributed by atoms with van der Waals surface area (Å²) < 4.78 is 25.0. The Hall–Kier alpha value is -3.42. The van der Waals surface area contributed by atoms with Crippen LogP contribution in [0.25, 0.3) is 10.9 Å². The molecule has 0 aliphatic carbocycles. The van der Waals surface area contributed by atoms with E-state index in [1.165, 1.54) is 25.6 Å². The van der Waals surface area contributed by atoms with Crippen LogP contribution in [0.15, 0.2) is 36.7 Å².